The quantitative estimate of drug-likeness (QED) is 0.371. The van der Waals surface area contributed by atoms with Crippen LogP contribution in [0.1, 0.15) is 16.1 Å². The highest BCUT2D eigenvalue weighted by Gasteiger charge is 2.09. The molecule has 0 unspecified atom stereocenters. The van der Waals surface area contributed by atoms with Gasteiger partial charge in [0.05, 0.1) is 21.2 Å². The predicted molar refractivity (Wildman–Crippen MR) is 102 cm³/mol. The van der Waals surface area contributed by atoms with Crippen LogP contribution in [-0.4, -0.2) is 17.0 Å². The van der Waals surface area contributed by atoms with Crippen LogP contribution in [0.25, 0.3) is 11.3 Å². The summed E-state index contributed by atoms with van der Waals surface area (Å²) >= 11 is 11.7. The topological polar surface area (TPSA) is 97.7 Å². The van der Waals surface area contributed by atoms with Gasteiger partial charge in [-0.3, -0.25) is 14.9 Å². The van der Waals surface area contributed by atoms with Crippen molar-refractivity contribution in [3.05, 3.63) is 86.1 Å². The summed E-state index contributed by atoms with van der Waals surface area (Å²) in [7, 11) is 0. The molecule has 0 saturated carbocycles. The molecule has 0 saturated heterocycles. The van der Waals surface area contributed by atoms with Crippen molar-refractivity contribution >= 4 is 41.0 Å². The van der Waals surface area contributed by atoms with Gasteiger partial charge in [-0.15, -0.1) is 0 Å². The number of halogens is 2. The molecule has 0 aliphatic carbocycles. The van der Waals surface area contributed by atoms with Crippen molar-refractivity contribution in [1.29, 1.82) is 0 Å². The first kappa shape index (κ1) is 18.6. The Balaban J connectivity index is 1.65. The van der Waals surface area contributed by atoms with Crippen LogP contribution in [0.4, 0.5) is 5.69 Å². The number of benzene rings is 2. The van der Waals surface area contributed by atoms with Gasteiger partial charge in [0.2, 0.25) is 0 Å². The standard InChI is InChI=1S/C18H11Cl2N3O4/c19-15-7-3-12(9-16(15)20)18(24)22-21-10-14-6-8-17(27-14)11-1-4-13(5-2-11)23(25)26/h1-10H,(H,22,24)/b21-10-. The number of nitrogens with zero attached hydrogens (tertiary/aromatic N) is 2. The normalized spacial score (nSPS) is 10.9. The summed E-state index contributed by atoms with van der Waals surface area (Å²) in [6.45, 7) is 0. The number of rotatable bonds is 5. The van der Waals surface area contributed by atoms with Gasteiger partial charge in [-0.05, 0) is 42.5 Å². The van der Waals surface area contributed by atoms with E-state index < -0.39 is 10.8 Å². The maximum atomic E-state index is 12.0. The molecule has 3 aromatic rings. The van der Waals surface area contributed by atoms with Gasteiger partial charge in [0.25, 0.3) is 11.6 Å². The number of hydrogen-bond donors (Lipinski definition) is 1. The van der Waals surface area contributed by atoms with Gasteiger partial charge in [0.15, 0.2) is 0 Å². The van der Waals surface area contributed by atoms with Crippen molar-refractivity contribution in [2.75, 3.05) is 0 Å². The van der Waals surface area contributed by atoms with Crippen molar-refractivity contribution in [1.82, 2.24) is 5.43 Å². The third-order valence-corrected chi connectivity index (χ3v) is 4.27. The van der Waals surface area contributed by atoms with Crippen LogP contribution in [0.5, 0.6) is 0 Å². The highest BCUT2D eigenvalue weighted by molar-refractivity contribution is 6.42. The first-order valence-corrected chi connectivity index (χ1v) is 8.33. The van der Waals surface area contributed by atoms with E-state index in [0.29, 0.717) is 27.7 Å². The molecular formula is C18H11Cl2N3O4. The molecule has 0 aliphatic heterocycles. The summed E-state index contributed by atoms with van der Waals surface area (Å²) in [5.74, 6) is 0.465. The van der Waals surface area contributed by atoms with Crippen LogP contribution in [0.3, 0.4) is 0 Å². The number of hydrogen-bond acceptors (Lipinski definition) is 5. The summed E-state index contributed by atoms with van der Waals surface area (Å²) in [5, 5.41) is 15.1. The van der Waals surface area contributed by atoms with E-state index in [9.17, 15) is 14.9 Å². The monoisotopic (exact) mass is 403 g/mol. The van der Waals surface area contributed by atoms with Crippen LogP contribution in [0.2, 0.25) is 10.0 Å². The molecule has 0 fully saturated rings. The van der Waals surface area contributed by atoms with Gasteiger partial charge in [-0.1, -0.05) is 23.2 Å². The minimum atomic E-state index is -0.472. The smallest absolute Gasteiger partial charge is 0.271 e. The molecule has 1 aromatic heterocycles. The largest absolute Gasteiger partial charge is 0.455 e. The van der Waals surface area contributed by atoms with Crippen LogP contribution < -0.4 is 5.43 Å². The van der Waals surface area contributed by atoms with E-state index in [4.69, 9.17) is 27.6 Å². The second kappa shape index (κ2) is 8.03. The van der Waals surface area contributed by atoms with Gasteiger partial charge in [0.1, 0.15) is 11.5 Å². The zero-order valence-corrected chi connectivity index (χ0v) is 15.1. The van der Waals surface area contributed by atoms with Gasteiger partial charge >= 0.3 is 0 Å². The molecule has 3 rings (SSSR count). The van der Waals surface area contributed by atoms with Crippen molar-refractivity contribution < 1.29 is 14.1 Å². The Morgan fingerprint density at radius 3 is 2.48 bits per heavy atom. The molecule has 136 valence electrons. The molecule has 1 heterocycles. The van der Waals surface area contributed by atoms with E-state index in [2.05, 4.69) is 10.5 Å². The van der Waals surface area contributed by atoms with E-state index in [1.54, 1.807) is 24.3 Å². The van der Waals surface area contributed by atoms with Crippen LogP contribution >= 0.6 is 23.2 Å². The Morgan fingerprint density at radius 2 is 1.81 bits per heavy atom. The second-order valence-electron chi connectivity index (χ2n) is 5.33. The summed E-state index contributed by atoms with van der Waals surface area (Å²) in [4.78, 5) is 22.2. The van der Waals surface area contributed by atoms with E-state index in [1.165, 1.54) is 36.5 Å². The molecule has 0 radical (unpaired) electrons. The number of furan rings is 1. The molecule has 7 nitrogen and oxygen atoms in total. The van der Waals surface area contributed by atoms with Crippen molar-refractivity contribution in [2.45, 2.75) is 0 Å². The summed E-state index contributed by atoms with van der Waals surface area (Å²) in [6.07, 6.45) is 1.34. The fraction of sp³-hybridized carbons (Fsp3) is 0. The Labute approximate surface area is 163 Å². The van der Waals surface area contributed by atoms with Gasteiger partial charge in [-0.25, -0.2) is 5.43 Å². The minimum absolute atomic E-state index is 0.00268. The number of nitrogens with one attached hydrogen (secondary N) is 1. The molecule has 9 heteroatoms. The SMILES string of the molecule is O=C(N/N=C\c1ccc(-c2ccc([N+](=O)[O-])cc2)o1)c1ccc(Cl)c(Cl)c1. The number of nitro benzene ring substituents is 1. The molecular weight excluding hydrogens is 393 g/mol. The van der Waals surface area contributed by atoms with Crippen LogP contribution in [-0.2, 0) is 0 Å². The average Bonchev–Trinajstić information content (AvgIpc) is 3.13. The van der Waals surface area contributed by atoms with Crippen LogP contribution in [0, 0.1) is 10.1 Å². The van der Waals surface area contributed by atoms with Crippen molar-refractivity contribution in [2.24, 2.45) is 5.10 Å². The third-order valence-electron chi connectivity index (χ3n) is 3.53. The number of non-ortho nitro benzene ring substituents is 1. The first-order valence-electron chi connectivity index (χ1n) is 7.57. The zero-order chi connectivity index (χ0) is 19.4. The van der Waals surface area contributed by atoms with Gasteiger partial charge < -0.3 is 4.42 Å². The number of hydrazone groups is 1. The molecule has 0 aliphatic rings. The molecule has 1 N–H and O–H groups in total. The highest BCUT2D eigenvalue weighted by atomic mass is 35.5. The number of carbonyl (C=O) groups is 1. The van der Waals surface area contributed by atoms with Crippen molar-refractivity contribution in [3.8, 4) is 11.3 Å². The highest BCUT2D eigenvalue weighted by Crippen LogP contribution is 2.24. The molecule has 1 amide bonds. The minimum Gasteiger partial charge on any atom is -0.455 e. The summed E-state index contributed by atoms with van der Waals surface area (Å²) in [5.41, 5.74) is 3.35. The summed E-state index contributed by atoms with van der Waals surface area (Å²) < 4.78 is 5.58. The Kier molecular flexibility index (Phi) is 5.54. The second-order valence-corrected chi connectivity index (χ2v) is 6.15. The van der Waals surface area contributed by atoms with Gasteiger partial charge in [-0.2, -0.15) is 5.10 Å². The Hall–Kier alpha value is -3.16. The third kappa shape index (κ3) is 4.52. The van der Waals surface area contributed by atoms with E-state index in [0.717, 1.165) is 0 Å². The lowest BCUT2D eigenvalue weighted by Gasteiger charge is -2.01. The van der Waals surface area contributed by atoms with Crippen LogP contribution in [0.15, 0.2) is 64.1 Å². The maximum Gasteiger partial charge on any atom is 0.271 e. The number of nitro groups is 1. The maximum absolute atomic E-state index is 12.0. The van der Waals surface area contributed by atoms with E-state index >= 15 is 0 Å². The molecule has 0 bridgehead atoms. The number of amides is 1. The number of carbonyl (C=O) groups excluding carboxylic acids is 1. The lowest BCUT2D eigenvalue weighted by atomic mass is 10.1. The van der Waals surface area contributed by atoms with Gasteiger partial charge in [0, 0.05) is 23.3 Å². The predicted octanol–water partition coefficient (Wildman–Crippen LogP) is 4.93. The molecule has 0 atom stereocenters. The Morgan fingerprint density at radius 1 is 1.07 bits per heavy atom. The first-order chi connectivity index (χ1) is 12.9. The molecule has 2 aromatic carbocycles. The average molecular weight is 404 g/mol. The Bertz CT molecular complexity index is 1030. The zero-order valence-electron chi connectivity index (χ0n) is 13.6. The molecule has 27 heavy (non-hydrogen) atoms. The lowest BCUT2D eigenvalue weighted by Crippen LogP contribution is -2.17. The molecule has 0 spiro atoms. The van der Waals surface area contributed by atoms with E-state index in [-0.39, 0.29) is 10.7 Å². The van der Waals surface area contributed by atoms with Crippen molar-refractivity contribution in [3.63, 3.8) is 0 Å². The fourth-order valence-corrected chi connectivity index (χ4v) is 2.48. The summed E-state index contributed by atoms with van der Waals surface area (Å²) in [6, 6.07) is 13.8. The van der Waals surface area contributed by atoms with E-state index in [1.807, 2.05) is 0 Å². The fourth-order valence-electron chi connectivity index (χ4n) is 2.18. The lowest BCUT2D eigenvalue weighted by molar-refractivity contribution is -0.384.